The zero-order valence-electron chi connectivity index (χ0n) is 59.1. The first-order valence-electron chi connectivity index (χ1n) is 34.2. The second kappa shape index (κ2) is 30.5. The highest BCUT2D eigenvalue weighted by Gasteiger charge is 2.51. The van der Waals surface area contributed by atoms with Crippen LogP contribution < -0.4 is 32.3 Å². The topological polar surface area (TPSA) is 482 Å². The van der Waals surface area contributed by atoms with Crippen molar-refractivity contribution in [2.24, 2.45) is 11.7 Å². The number of thiazole rings is 5. The summed E-state index contributed by atoms with van der Waals surface area (Å²) in [5.74, 6) is -9.52. The smallest absolute Gasteiger partial charge is 0.358 e. The van der Waals surface area contributed by atoms with E-state index in [1.165, 1.54) is 60.0 Å². The van der Waals surface area contributed by atoms with Gasteiger partial charge in [0.15, 0.2) is 27.9 Å². The zero-order chi connectivity index (χ0) is 77.4. The van der Waals surface area contributed by atoms with Crippen molar-refractivity contribution in [2.45, 2.75) is 132 Å². The number of sulfone groups is 1. The molecule has 9 unspecified atom stereocenters. The molecule has 15 rings (SSSR count). The van der Waals surface area contributed by atoms with Crippen molar-refractivity contribution < 1.29 is 95.7 Å². The molecule has 14 heterocycles. The van der Waals surface area contributed by atoms with E-state index in [2.05, 4.69) is 41.5 Å². The van der Waals surface area contributed by atoms with Gasteiger partial charge < -0.3 is 91.1 Å². The molecular formula is C68H73N15O20S6. The van der Waals surface area contributed by atoms with Gasteiger partial charge in [-0.3, -0.25) is 28.8 Å². The van der Waals surface area contributed by atoms with Crippen molar-refractivity contribution in [3.8, 4) is 38.4 Å². The number of pyridine rings is 1. The summed E-state index contributed by atoms with van der Waals surface area (Å²) in [4.78, 5) is 149. The molecule has 109 heavy (non-hydrogen) atoms. The average Bonchev–Trinajstić information content (AvgIpc) is 1.74. The lowest BCUT2D eigenvalue weighted by atomic mass is 9.85. The highest BCUT2D eigenvalue weighted by molar-refractivity contribution is 7.92. The molecule has 1 aromatic carbocycles. The molecule has 35 nitrogen and oxygen atoms in total. The predicted molar refractivity (Wildman–Crippen MR) is 391 cm³/mol. The molecule has 7 aliphatic heterocycles. The number of fused-ring (bicyclic) bond motifs is 18. The number of benzene rings is 1. The third-order valence-corrected chi connectivity index (χ3v) is 26.6. The fourth-order valence-corrected chi connectivity index (χ4v) is 21.0. The van der Waals surface area contributed by atoms with Gasteiger partial charge in [0.2, 0.25) is 11.8 Å². The van der Waals surface area contributed by atoms with E-state index in [1.54, 1.807) is 45.0 Å². The number of nitrogens with two attached hydrogens (primary N) is 1. The van der Waals surface area contributed by atoms with Crippen LogP contribution >= 0.6 is 56.7 Å². The number of aromatic nitrogens is 7. The Balaban J connectivity index is 0.895. The molecule has 11 N–H and O–H groups in total. The molecule has 12 atom stereocenters. The van der Waals surface area contributed by atoms with Crippen LogP contribution in [-0.4, -0.2) is 234 Å². The number of piperidine rings is 3. The number of methoxy groups -OCH3 is 1. The van der Waals surface area contributed by atoms with Crippen LogP contribution in [0, 0.1) is 5.92 Å². The molecule has 41 heteroatoms. The van der Waals surface area contributed by atoms with Crippen molar-refractivity contribution in [1.29, 1.82) is 0 Å². The number of aromatic hydroxyl groups is 1. The Morgan fingerprint density at radius 3 is 2.22 bits per heavy atom. The number of aliphatic hydroxyl groups is 2. The van der Waals surface area contributed by atoms with Gasteiger partial charge in [-0.1, -0.05) is 12.1 Å². The van der Waals surface area contributed by atoms with Gasteiger partial charge in [0.1, 0.15) is 126 Å². The van der Waals surface area contributed by atoms with Crippen LogP contribution in [0.4, 0.5) is 0 Å². The quantitative estimate of drug-likeness (QED) is 0.0477. The molecule has 0 aliphatic carbocycles. The zero-order valence-corrected chi connectivity index (χ0v) is 64.0. The lowest BCUT2D eigenvalue weighted by Gasteiger charge is -2.48. The summed E-state index contributed by atoms with van der Waals surface area (Å²) >= 11 is 4.35. The van der Waals surface area contributed by atoms with Crippen LogP contribution in [0.5, 0.6) is 5.75 Å². The second-order valence-electron chi connectivity index (χ2n) is 27.5. The van der Waals surface area contributed by atoms with Crippen LogP contribution in [0.15, 0.2) is 56.9 Å². The number of amides is 6. The van der Waals surface area contributed by atoms with Crippen LogP contribution in [0.2, 0.25) is 0 Å². The highest BCUT2D eigenvalue weighted by atomic mass is 32.2. The standard InChI is InChI=1S/C68H73N15O20S6/c1-27(84)46-60(91)79-47(28(2)98-7)63-74-39(25-106-63)59(90)80-50-52-53(103-44-16-68(4,94)54(81(5)6)29(3)102-44)67(93)100-18-31-9-8-10-41-45(31)33(19-99-52)51(83(41)95)66(92)101-20-34(70-56(87)36-24-108-65(50)76-36)62-72-35(21-105-62)48-32(61-73-38(22-104-61)58(89)78-46)15-42(85)49(77-48)64-75-37(23-107-64)57(88)71-40(55(69)86)26-109(96,97)43-17-82-13-11-30(43)12-14-82/h8-10,15,21-25,27,29-30,34,40,43-44,46,50,52-54,84-85,94-95H,11-14,16-20,26H2,1-7H3,(H2,69,86)(H,70,87)(H,71,88)(H,78,89)(H,79,91)(H,80,90)/b47-28+/t27?,29-,34?,40?,43?,44-,46?,50?,52?,53?,54?,68-/m0/s1. The fourth-order valence-electron chi connectivity index (χ4n) is 14.6. The number of carbonyl (C=O) groups excluding carboxylic acids is 8. The number of primary amides is 1. The van der Waals surface area contributed by atoms with E-state index in [-0.39, 0.29) is 116 Å². The van der Waals surface area contributed by atoms with Crippen molar-refractivity contribution in [2.75, 3.05) is 53.2 Å². The summed E-state index contributed by atoms with van der Waals surface area (Å²) < 4.78 is 66.0. The molecule has 0 spiro atoms. The van der Waals surface area contributed by atoms with Gasteiger partial charge in [-0.15, -0.1) is 56.7 Å². The van der Waals surface area contributed by atoms with E-state index in [4.69, 9.17) is 49.1 Å². The highest BCUT2D eigenvalue weighted by Crippen LogP contribution is 2.44. The summed E-state index contributed by atoms with van der Waals surface area (Å²) in [6.07, 6.45) is -6.31. The summed E-state index contributed by atoms with van der Waals surface area (Å²) in [5, 5.41) is 67.0. The van der Waals surface area contributed by atoms with Crippen molar-refractivity contribution in [1.82, 2.24) is 71.0 Å². The maximum Gasteiger partial charge on any atom is 0.358 e. The summed E-state index contributed by atoms with van der Waals surface area (Å²) in [6.45, 7) is 5.96. The number of nitrogens with zero attached hydrogens (tertiary/aromatic N) is 9. The van der Waals surface area contributed by atoms with Crippen molar-refractivity contribution in [3.63, 3.8) is 0 Å². The van der Waals surface area contributed by atoms with Crippen LogP contribution in [0.25, 0.3) is 49.3 Å². The molecule has 7 aliphatic rings. The number of cyclic esters (lactones) is 2. The molecule has 6 amide bonds. The molecule has 8 aromatic rings. The largest absolute Gasteiger partial charge is 0.506 e. The number of carbonyl (C=O) groups is 8. The Hall–Kier alpha value is -9.37. The van der Waals surface area contributed by atoms with E-state index in [1.807, 2.05) is 4.90 Å². The summed E-state index contributed by atoms with van der Waals surface area (Å²) in [7, 11) is 0.859. The van der Waals surface area contributed by atoms with Crippen LogP contribution in [-0.2, 0) is 65.9 Å². The minimum Gasteiger partial charge on any atom is -0.506 e. The first kappa shape index (κ1) is 76.4. The van der Waals surface area contributed by atoms with Gasteiger partial charge in [-0.25, -0.2) is 47.9 Å². The third-order valence-electron chi connectivity index (χ3n) is 19.9. The number of nitrogens with one attached hydrogen (secondary N) is 5. The van der Waals surface area contributed by atoms with Gasteiger partial charge in [0.05, 0.1) is 54.1 Å². The van der Waals surface area contributed by atoms with Gasteiger partial charge in [-0.05, 0) is 91.3 Å². The molecule has 4 fully saturated rings. The van der Waals surface area contributed by atoms with Crippen molar-refractivity contribution >= 4 is 131 Å². The first-order valence-corrected chi connectivity index (χ1v) is 40.3. The fraction of sp³-hybridized carbons (Fsp3) is 0.441. The minimum absolute atomic E-state index is 0.00238. The van der Waals surface area contributed by atoms with Gasteiger partial charge >= 0.3 is 11.9 Å². The number of allylic oxidation sites excluding steroid dienone is 1. The maximum atomic E-state index is 15.2. The average molecular weight is 1610 g/mol. The number of hydrogen-bond donors (Lipinski definition) is 10. The first-order chi connectivity index (χ1) is 51.9. The van der Waals surface area contributed by atoms with Gasteiger partial charge in [0, 0.05) is 56.4 Å². The minimum atomic E-state index is -3.96. The third kappa shape index (κ3) is 15.1. The molecular weight excluding hydrogens is 1540 g/mol. The number of hydrogen-bond acceptors (Lipinski definition) is 33. The monoisotopic (exact) mass is 1610 g/mol. The van der Waals surface area contributed by atoms with Gasteiger partial charge in [-0.2, -0.15) is 4.73 Å². The Kier molecular flexibility index (Phi) is 21.4. The molecule has 4 saturated heterocycles. The molecule has 0 radical (unpaired) electrons. The Morgan fingerprint density at radius 1 is 0.853 bits per heavy atom. The summed E-state index contributed by atoms with van der Waals surface area (Å²) in [6, 6.07) is -1.15. The number of esters is 2. The molecule has 576 valence electrons. The van der Waals surface area contributed by atoms with Crippen molar-refractivity contribution in [3.05, 3.63) is 112 Å². The van der Waals surface area contributed by atoms with Crippen LogP contribution in [0.1, 0.15) is 138 Å². The normalized spacial score (nSPS) is 26.6. The maximum absolute atomic E-state index is 15.2. The molecule has 0 saturated carbocycles. The van der Waals surface area contributed by atoms with E-state index < -0.39 is 166 Å². The number of likely N-dealkylation sites (N-methyl/N-ethyl adjacent to an activating group) is 1. The summed E-state index contributed by atoms with van der Waals surface area (Å²) in [5.41, 5.74) is 2.44. The number of ether oxygens (including phenoxy) is 6. The SMILES string of the molecule is CO/C(C)=C1/NC(=O)C(C(C)O)NC(=O)c2csc(n2)-c2cc(O)c(-c3nc(C(=O)NC(CS(=O)(=O)C4CN5CCC4CC5)C(N)=O)cs3)nc2-c2csc(n2)C2COC(=O)c3c4c5c(cccc5n3O)COC(=O)C(O[C@H]3C[C@](C)(O)C(N(C)C)[C@H](C)O3)C(OC4)C(NC(=O)c3csc1n3)c1nc(cs1)C(=O)N2. The van der Waals surface area contributed by atoms with E-state index in [0.29, 0.717) is 24.1 Å². The number of rotatable bonds is 12. The molecule has 14 bridgehead atoms. The molecule has 7 aromatic heterocycles. The Bertz CT molecular complexity index is 5110. The lowest BCUT2D eigenvalue weighted by Crippen LogP contribution is -2.62. The second-order valence-corrected chi connectivity index (χ2v) is 34.1. The van der Waals surface area contributed by atoms with Crippen LogP contribution in [0.3, 0.4) is 0 Å². The Labute approximate surface area is 640 Å². The lowest BCUT2D eigenvalue weighted by molar-refractivity contribution is -0.280. The Morgan fingerprint density at radius 2 is 1.52 bits per heavy atom. The van der Waals surface area contributed by atoms with Gasteiger partial charge in [0.25, 0.3) is 23.6 Å². The number of aliphatic hydroxyl groups excluding tert-OH is 1. The van der Waals surface area contributed by atoms with E-state index in [9.17, 15) is 48.1 Å². The van der Waals surface area contributed by atoms with E-state index in [0.717, 1.165) is 69.8 Å². The predicted octanol–water partition coefficient (Wildman–Crippen LogP) is 3.26. The van der Waals surface area contributed by atoms with E-state index >= 15 is 19.2 Å².